The highest BCUT2D eigenvalue weighted by atomic mass is 31.2. The molecule has 0 bridgehead atoms. The summed E-state index contributed by atoms with van der Waals surface area (Å²) in [6.07, 6.45) is 65.9. The van der Waals surface area contributed by atoms with Crippen LogP contribution in [0.4, 0.5) is 0 Å². The van der Waals surface area contributed by atoms with Crippen LogP contribution in [-0.2, 0) is 42.2 Å². The molecule has 0 radical (unpaired) electrons. The third kappa shape index (κ3) is 50.6. The number of phosphoric acid groups is 1. The standard InChI is InChI=1S/C60H95O11P/c1-4-7-10-13-16-19-22-25-28-31-34-37-40-43-46-49-58(62)67-53-57(71-60(64)51-48-45-42-39-36-33-30-27-24-21-18-15-12-9-6-3)55-69-72(65,66)68-54-56(52-61)70-59(63)50-47-44-41-38-35-32-29-26-23-20-17-14-11-8-5-2/h7-12,16-21,25-30,34,37,43,46,56-57,61H,4-6,13-15,22-24,31-33,35-36,38-42,44-45,47-55H2,1-3H3,(H,65,66)/b10-7-,11-8-,12-9-,19-16-,20-17-,21-18-,28-25-,29-26-,30-27-,37-34-,46-43-. The molecule has 3 unspecified atom stereocenters. The lowest BCUT2D eigenvalue weighted by molar-refractivity contribution is -0.161. The molecule has 0 aliphatic carbocycles. The summed E-state index contributed by atoms with van der Waals surface area (Å²) in [4.78, 5) is 48.4. The molecule has 0 saturated heterocycles. The molecule has 0 saturated carbocycles. The lowest BCUT2D eigenvalue weighted by Crippen LogP contribution is -2.30. The van der Waals surface area contributed by atoms with E-state index >= 15 is 0 Å². The second-order valence-electron chi connectivity index (χ2n) is 17.3. The van der Waals surface area contributed by atoms with Crippen molar-refractivity contribution in [3.63, 3.8) is 0 Å². The zero-order chi connectivity index (χ0) is 52.7. The Morgan fingerprint density at radius 1 is 0.403 bits per heavy atom. The molecule has 0 aliphatic heterocycles. The molecule has 0 rings (SSSR count). The van der Waals surface area contributed by atoms with Gasteiger partial charge in [0.1, 0.15) is 12.7 Å². The number of aliphatic hydroxyl groups is 1. The van der Waals surface area contributed by atoms with Gasteiger partial charge in [-0.15, -0.1) is 0 Å². The molecule has 11 nitrogen and oxygen atoms in total. The summed E-state index contributed by atoms with van der Waals surface area (Å²) < 4.78 is 39.3. The maximum atomic E-state index is 12.9. The topological polar surface area (TPSA) is 155 Å². The van der Waals surface area contributed by atoms with Gasteiger partial charge in [0, 0.05) is 12.8 Å². The van der Waals surface area contributed by atoms with Gasteiger partial charge in [-0.3, -0.25) is 23.4 Å². The van der Waals surface area contributed by atoms with Crippen LogP contribution in [0.2, 0.25) is 0 Å². The second-order valence-corrected chi connectivity index (χ2v) is 18.7. The van der Waals surface area contributed by atoms with Crippen LogP contribution in [0, 0.1) is 0 Å². The Balaban J connectivity index is 4.89. The minimum absolute atomic E-state index is 0.0179. The lowest BCUT2D eigenvalue weighted by Gasteiger charge is -2.21. The fourth-order valence-corrected chi connectivity index (χ4v) is 7.36. The van der Waals surface area contributed by atoms with Crippen LogP contribution < -0.4 is 0 Å². The number of allylic oxidation sites excluding steroid dienone is 21. The van der Waals surface area contributed by atoms with Crippen LogP contribution in [0.3, 0.4) is 0 Å². The summed E-state index contributed by atoms with van der Waals surface area (Å²) >= 11 is 0. The molecule has 0 aliphatic rings. The number of carbonyl (C=O) groups is 3. The molecule has 2 N–H and O–H groups in total. The van der Waals surface area contributed by atoms with Crippen LogP contribution in [0.25, 0.3) is 0 Å². The number of hydrogen-bond acceptors (Lipinski definition) is 10. The van der Waals surface area contributed by atoms with E-state index in [9.17, 15) is 28.9 Å². The van der Waals surface area contributed by atoms with Gasteiger partial charge in [0.05, 0.1) is 26.2 Å². The summed E-state index contributed by atoms with van der Waals surface area (Å²) in [6, 6.07) is 0. The van der Waals surface area contributed by atoms with E-state index in [1.165, 1.54) is 0 Å². The minimum atomic E-state index is -4.78. The summed E-state index contributed by atoms with van der Waals surface area (Å²) in [5, 5.41) is 9.80. The molecular weight excluding hydrogens is 928 g/mol. The number of carbonyl (C=O) groups excluding carboxylic acids is 3. The quantitative estimate of drug-likeness (QED) is 0.0197. The van der Waals surface area contributed by atoms with Crippen LogP contribution >= 0.6 is 7.82 Å². The molecular formula is C60H95O11P. The number of hydrogen-bond donors (Lipinski definition) is 2. The lowest BCUT2D eigenvalue weighted by atomic mass is 10.1. The van der Waals surface area contributed by atoms with E-state index in [4.69, 9.17) is 23.3 Å². The largest absolute Gasteiger partial charge is 0.472 e. The number of phosphoric ester groups is 1. The Kier molecular flexibility index (Phi) is 49.7. The van der Waals surface area contributed by atoms with Gasteiger partial charge in [0.15, 0.2) is 6.10 Å². The predicted octanol–water partition coefficient (Wildman–Crippen LogP) is 15.8. The van der Waals surface area contributed by atoms with Crippen molar-refractivity contribution in [2.45, 2.75) is 200 Å². The number of aliphatic hydroxyl groups excluding tert-OH is 1. The molecule has 0 aromatic heterocycles. The average molecular weight is 1020 g/mol. The normalized spacial score (nSPS) is 14.5. The van der Waals surface area contributed by atoms with E-state index < -0.39 is 64.4 Å². The first kappa shape index (κ1) is 67.6. The van der Waals surface area contributed by atoms with Gasteiger partial charge in [-0.05, 0) is 109 Å². The van der Waals surface area contributed by atoms with Crippen molar-refractivity contribution in [3.05, 3.63) is 134 Å². The fraction of sp³-hybridized carbons (Fsp3) is 0.583. The van der Waals surface area contributed by atoms with Crippen molar-refractivity contribution in [1.82, 2.24) is 0 Å². The molecule has 0 aromatic carbocycles. The van der Waals surface area contributed by atoms with Gasteiger partial charge >= 0.3 is 25.7 Å². The maximum Gasteiger partial charge on any atom is 0.472 e. The van der Waals surface area contributed by atoms with Crippen molar-refractivity contribution < 1.29 is 52.2 Å². The molecule has 0 fully saturated rings. The maximum absolute atomic E-state index is 12.9. The van der Waals surface area contributed by atoms with E-state index in [0.717, 1.165) is 128 Å². The van der Waals surface area contributed by atoms with Gasteiger partial charge in [-0.1, -0.05) is 193 Å². The van der Waals surface area contributed by atoms with Crippen molar-refractivity contribution in [2.24, 2.45) is 0 Å². The number of unbranched alkanes of at least 4 members (excludes halogenated alkanes) is 10. The predicted molar refractivity (Wildman–Crippen MR) is 297 cm³/mol. The van der Waals surface area contributed by atoms with Crippen molar-refractivity contribution in [2.75, 3.05) is 26.4 Å². The summed E-state index contributed by atoms with van der Waals surface area (Å²) in [5.74, 6) is -1.67. The smallest absolute Gasteiger partial charge is 0.461 e. The Hall–Kier alpha value is -4.38. The molecule has 0 spiro atoms. The van der Waals surface area contributed by atoms with Crippen molar-refractivity contribution in [3.8, 4) is 0 Å². The average Bonchev–Trinajstić information content (AvgIpc) is 3.37. The number of esters is 3. The van der Waals surface area contributed by atoms with Crippen LogP contribution in [0.15, 0.2) is 134 Å². The van der Waals surface area contributed by atoms with Crippen LogP contribution in [0.5, 0.6) is 0 Å². The van der Waals surface area contributed by atoms with E-state index in [1.54, 1.807) is 6.08 Å². The molecule has 0 heterocycles. The fourth-order valence-electron chi connectivity index (χ4n) is 6.57. The van der Waals surface area contributed by atoms with Crippen molar-refractivity contribution >= 4 is 25.7 Å². The first-order valence-corrected chi connectivity index (χ1v) is 28.6. The monoisotopic (exact) mass is 1020 g/mol. The van der Waals surface area contributed by atoms with Crippen LogP contribution in [0.1, 0.15) is 188 Å². The van der Waals surface area contributed by atoms with Gasteiger partial charge < -0.3 is 24.2 Å². The van der Waals surface area contributed by atoms with Crippen molar-refractivity contribution in [1.29, 1.82) is 0 Å². The molecule has 72 heavy (non-hydrogen) atoms. The Morgan fingerprint density at radius 3 is 1.11 bits per heavy atom. The molecule has 406 valence electrons. The summed E-state index contributed by atoms with van der Waals surface area (Å²) in [6.45, 7) is 4.12. The first-order valence-electron chi connectivity index (χ1n) is 27.1. The molecule has 0 aromatic rings. The third-order valence-electron chi connectivity index (χ3n) is 10.6. The zero-order valence-electron chi connectivity index (χ0n) is 44.6. The molecule has 12 heteroatoms. The number of rotatable bonds is 48. The van der Waals surface area contributed by atoms with E-state index in [2.05, 4.69) is 136 Å². The summed E-state index contributed by atoms with van der Waals surface area (Å²) in [5.41, 5.74) is 0. The van der Waals surface area contributed by atoms with Gasteiger partial charge in [0.25, 0.3) is 0 Å². The molecule has 3 atom stereocenters. The van der Waals surface area contributed by atoms with E-state index in [1.807, 2.05) is 12.2 Å². The Labute approximate surface area is 436 Å². The summed E-state index contributed by atoms with van der Waals surface area (Å²) in [7, 11) is -4.78. The molecule has 0 amide bonds. The van der Waals surface area contributed by atoms with E-state index in [0.29, 0.717) is 19.3 Å². The second kappa shape index (κ2) is 52.9. The van der Waals surface area contributed by atoms with Gasteiger partial charge in [0.2, 0.25) is 0 Å². The van der Waals surface area contributed by atoms with Gasteiger partial charge in [-0.2, -0.15) is 0 Å². The minimum Gasteiger partial charge on any atom is -0.461 e. The highest BCUT2D eigenvalue weighted by molar-refractivity contribution is 7.47. The first-order chi connectivity index (χ1) is 35.2. The highest BCUT2D eigenvalue weighted by Gasteiger charge is 2.28. The SMILES string of the molecule is CC/C=C\C/C=C\C/C=C\C/C=C\C/C=C\CC(=O)OCC(COP(=O)(O)OCC(CO)OC(=O)CCCCCCC/C=C\C/C=C\C/C=C\CC)OC(=O)CCCCCCC/C=C\C/C=C\C/C=C\CC. The van der Waals surface area contributed by atoms with Crippen LogP contribution in [-0.4, -0.2) is 66.5 Å². The Morgan fingerprint density at radius 2 is 0.722 bits per heavy atom. The van der Waals surface area contributed by atoms with Gasteiger partial charge in [-0.25, -0.2) is 4.57 Å². The zero-order valence-corrected chi connectivity index (χ0v) is 45.5. The number of ether oxygens (including phenoxy) is 3. The Bertz CT molecular complexity index is 1710. The van der Waals surface area contributed by atoms with E-state index in [-0.39, 0.29) is 19.3 Å². The highest BCUT2D eigenvalue weighted by Crippen LogP contribution is 2.43. The third-order valence-corrected chi connectivity index (χ3v) is 11.5.